The summed E-state index contributed by atoms with van der Waals surface area (Å²) < 4.78 is 5.49. The summed E-state index contributed by atoms with van der Waals surface area (Å²) in [6.07, 6.45) is 0.905. The number of nitrogens with one attached hydrogen (secondary N) is 3. The molecule has 0 radical (unpaired) electrons. The SMILES string of the molecule is CCOc1ccccc1NC(=O)Cc1csc(NC(=O)C2CCC(=O)N2)n1. The summed E-state index contributed by atoms with van der Waals surface area (Å²) in [6, 6.07) is 6.69. The number of aromatic nitrogens is 1. The van der Waals surface area contributed by atoms with Gasteiger partial charge in [-0.3, -0.25) is 14.4 Å². The molecule has 1 fully saturated rings. The Morgan fingerprint density at radius 1 is 1.33 bits per heavy atom. The monoisotopic (exact) mass is 388 g/mol. The number of para-hydroxylation sites is 2. The van der Waals surface area contributed by atoms with E-state index in [0.29, 0.717) is 41.7 Å². The van der Waals surface area contributed by atoms with Crippen molar-refractivity contribution in [2.24, 2.45) is 0 Å². The molecule has 3 N–H and O–H groups in total. The van der Waals surface area contributed by atoms with Crippen LogP contribution in [0, 0.1) is 0 Å². The van der Waals surface area contributed by atoms with Crippen LogP contribution in [0.3, 0.4) is 0 Å². The Labute approximate surface area is 160 Å². The molecule has 1 unspecified atom stereocenters. The smallest absolute Gasteiger partial charge is 0.248 e. The number of rotatable bonds is 7. The highest BCUT2D eigenvalue weighted by Gasteiger charge is 2.27. The Morgan fingerprint density at radius 2 is 2.15 bits per heavy atom. The quantitative estimate of drug-likeness (QED) is 0.672. The lowest BCUT2D eigenvalue weighted by Crippen LogP contribution is -2.37. The van der Waals surface area contributed by atoms with E-state index < -0.39 is 6.04 Å². The van der Waals surface area contributed by atoms with Crippen LogP contribution >= 0.6 is 11.3 Å². The number of hydrogen-bond donors (Lipinski definition) is 3. The molecule has 0 aliphatic carbocycles. The molecule has 3 amide bonds. The molecule has 2 heterocycles. The van der Waals surface area contributed by atoms with E-state index in [1.807, 2.05) is 19.1 Å². The Balaban J connectivity index is 1.55. The van der Waals surface area contributed by atoms with E-state index in [0.717, 1.165) is 0 Å². The minimum Gasteiger partial charge on any atom is -0.492 e. The van der Waals surface area contributed by atoms with Crippen LogP contribution in [0.4, 0.5) is 10.8 Å². The van der Waals surface area contributed by atoms with Gasteiger partial charge in [-0.1, -0.05) is 12.1 Å². The zero-order valence-corrected chi connectivity index (χ0v) is 15.6. The van der Waals surface area contributed by atoms with Crippen molar-refractivity contribution < 1.29 is 19.1 Å². The molecular formula is C18H20N4O4S. The number of thiazole rings is 1. The highest BCUT2D eigenvalue weighted by atomic mass is 32.1. The number of anilines is 2. The predicted octanol–water partition coefficient (Wildman–Crippen LogP) is 1.94. The summed E-state index contributed by atoms with van der Waals surface area (Å²) in [6.45, 7) is 2.38. The average molecular weight is 388 g/mol. The number of carbonyl (C=O) groups is 3. The highest BCUT2D eigenvalue weighted by molar-refractivity contribution is 7.13. The molecule has 1 aliphatic heterocycles. The first-order valence-electron chi connectivity index (χ1n) is 8.61. The lowest BCUT2D eigenvalue weighted by atomic mass is 10.2. The van der Waals surface area contributed by atoms with Gasteiger partial charge in [0.2, 0.25) is 17.7 Å². The van der Waals surface area contributed by atoms with Crippen LogP contribution in [-0.4, -0.2) is 35.4 Å². The topological polar surface area (TPSA) is 109 Å². The van der Waals surface area contributed by atoms with Crippen LogP contribution in [0.15, 0.2) is 29.6 Å². The van der Waals surface area contributed by atoms with Crippen molar-refractivity contribution in [1.82, 2.24) is 10.3 Å². The maximum Gasteiger partial charge on any atom is 0.248 e. The summed E-state index contributed by atoms with van der Waals surface area (Å²) >= 11 is 1.24. The third kappa shape index (κ3) is 5.04. The van der Waals surface area contributed by atoms with Gasteiger partial charge in [-0.2, -0.15) is 0 Å². The van der Waals surface area contributed by atoms with Crippen molar-refractivity contribution in [1.29, 1.82) is 0 Å². The van der Waals surface area contributed by atoms with Gasteiger partial charge in [0.05, 0.1) is 24.4 Å². The lowest BCUT2D eigenvalue weighted by Gasteiger charge is -2.10. The van der Waals surface area contributed by atoms with Crippen LogP contribution in [0.2, 0.25) is 0 Å². The molecule has 1 aromatic carbocycles. The molecule has 1 atom stereocenters. The minimum atomic E-state index is -0.525. The summed E-state index contributed by atoms with van der Waals surface area (Å²) in [4.78, 5) is 39.8. The zero-order chi connectivity index (χ0) is 19.2. The van der Waals surface area contributed by atoms with E-state index in [1.165, 1.54) is 11.3 Å². The molecule has 9 heteroatoms. The van der Waals surface area contributed by atoms with Crippen molar-refractivity contribution in [3.05, 3.63) is 35.3 Å². The fourth-order valence-corrected chi connectivity index (χ4v) is 3.37. The molecule has 1 aromatic heterocycles. The normalized spacial score (nSPS) is 15.9. The lowest BCUT2D eigenvalue weighted by molar-refractivity contribution is -0.122. The molecule has 1 aliphatic rings. The van der Waals surface area contributed by atoms with E-state index in [9.17, 15) is 14.4 Å². The summed E-state index contributed by atoms with van der Waals surface area (Å²) in [5, 5.41) is 10.2. The Hall–Kier alpha value is -2.94. The molecule has 27 heavy (non-hydrogen) atoms. The number of hydrogen-bond acceptors (Lipinski definition) is 6. The Bertz CT molecular complexity index is 851. The van der Waals surface area contributed by atoms with E-state index in [2.05, 4.69) is 20.9 Å². The summed E-state index contributed by atoms with van der Waals surface area (Å²) in [5.74, 6) is -0.0394. The van der Waals surface area contributed by atoms with Crippen LogP contribution in [0.1, 0.15) is 25.5 Å². The highest BCUT2D eigenvalue weighted by Crippen LogP contribution is 2.24. The number of amides is 3. The van der Waals surface area contributed by atoms with Crippen LogP contribution in [0.5, 0.6) is 5.75 Å². The maximum absolute atomic E-state index is 12.3. The van der Waals surface area contributed by atoms with Gasteiger partial charge in [0.15, 0.2) is 5.13 Å². The standard InChI is InChI=1S/C18H20N4O4S/c1-2-26-14-6-4-3-5-12(14)20-16(24)9-11-10-27-18(19-11)22-17(25)13-7-8-15(23)21-13/h3-6,10,13H,2,7-9H2,1H3,(H,20,24)(H,21,23)(H,19,22,25). The number of benzene rings is 1. The van der Waals surface area contributed by atoms with Crippen LogP contribution in [-0.2, 0) is 20.8 Å². The van der Waals surface area contributed by atoms with Crippen LogP contribution in [0.25, 0.3) is 0 Å². The molecule has 2 aromatic rings. The molecule has 0 spiro atoms. The number of carbonyl (C=O) groups excluding carboxylic acids is 3. The van der Waals surface area contributed by atoms with Gasteiger partial charge in [-0.05, 0) is 25.5 Å². The third-order valence-electron chi connectivity index (χ3n) is 3.90. The van der Waals surface area contributed by atoms with Gasteiger partial charge in [0, 0.05) is 11.8 Å². The largest absolute Gasteiger partial charge is 0.492 e. The van der Waals surface area contributed by atoms with E-state index in [1.54, 1.807) is 17.5 Å². The first-order valence-corrected chi connectivity index (χ1v) is 9.49. The molecule has 0 saturated carbocycles. The first-order chi connectivity index (χ1) is 13.0. The zero-order valence-electron chi connectivity index (χ0n) is 14.8. The summed E-state index contributed by atoms with van der Waals surface area (Å²) in [5.41, 5.74) is 1.15. The van der Waals surface area contributed by atoms with Gasteiger partial charge in [0.25, 0.3) is 0 Å². The predicted molar refractivity (Wildman–Crippen MR) is 102 cm³/mol. The van der Waals surface area contributed by atoms with Gasteiger partial charge < -0.3 is 20.7 Å². The van der Waals surface area contributed by atoms with Crippen LogP contribution < -0.4 is 20.7 Å². The third-order valence-corrected chi connectivity index (χ3v) is 4.70. The molecule has 0 bridgehead atoms. The fourth-order valence-electron chi connectivity index (χ4n) is 2.66. The fraction of sp³-hybridized carbons (Fsp3) is 0.333. The second-order valence-electron chi connectivity index (χ2n) is 5.95. The number of nitrogens with zero attached hydrogens (tertiary/aromatic N) is 1. The van der Waals surface area contributed by atoms with Crippen molar-refractivity contribution >= 4 is 39.9 Å². The van der Waals surface area contributed by atoms with E-state index in [-0.39, 0.29) is 24.1 Å². The van der Waals surface area contributed by atoms with Crippen molar-refractivity contribution in [2.75, 3.05) is 17.2 Å². The average Bonchev–Trinajstić information content (AvgIpc) is 3.26. The van der Waals surface area contributed by atoms with Crippen molar-refractivity contribution in [2.45, 2.75) is 32.2 Å². The van der Waals surface area contributed by atoms with Gasteiger partial charge in [-0.25, -0.2) is 4.98 Å². The van der Waals surface area contributed by atoms with Crippen molar-refractivity contribution in [3.63, 3.8) is 0 Å². The molecule has 8 nitrogen and oxygen atoms in total. The minimum absolute atomic E-state index is 0.0764. The van der Waals surface area contributed by atoms with Gasteiger partial charge in [-0.15, -0.1) is 11.3 Å². The molecule has 3 rings (SSSR count). The second-order valence-corrected chi connectivity index (χ2v) is 6.80. The van der Waals surface area contributed by atoms with E-state index >= 15 is 0 Å². The maximum atomic E-state index is 12.3. The van der Waals surface area contributed by atoms with Gasteiger partial charge >= 0.3 is 0 Å². The van der Waals surface area contributed by atoms with Gasteiger partial charge in [0.1, 0.15) is 11.8 Å². The molecule has 142 valence electrons. The Kier molecular flexibility index (Phi) is 6.02. The first kappa shape index (κ1) is 18.8. The van der Waals surface area contributed by atoms with Crippen molar-refractivity contribution in [3.8, 4) is 5.75 Å². The Morgan fingerprint density at radius 3 is 2.89 bits per heavy atom. The van der Waals surface area contributed by atoms with E-state index in [4.69, 9.17) is 4.74 Å². The molecular weight excluding hydrogens is 368 g/mol. The number of ether oxygens (including phenoxy) is 1. The molecule has 1 saturated heterocycles. The summed E-state index contributed by atoms with van der Waals surface area (Å²) in [7, 11) is 0. The second kappa shape index (κ2) is 8.63.